The third-order valence-electron chi connectivity index (χ3n) is 4.79. The molecule has 6 nitrogen and oxygen atoms in total. The zero-order chi connectivity index (χ0) is 15.6. The molecule has 0 amide bonds. The minimum absolute atomic E-state index is 0.173. The summed E-state index contributed by atoms with van der Waals surface area (Å²) in [6.07, 6.45) is 12.2. The van der Waals surface area contributed by atoms with Gasteiger partial charge in [-0.05, 0) is 24.8 Å². The molecule has 0 unspecified atom stereocenters. The lowest BCUT2D eigenvalue weighted by Crippen LogP contribution is -2.20. The molecule has 0 radical (unpaired) electrons. The van der Waals surface area contributed by atoms with Gasteiger partial charge in [-0.1, -0.05) is 12.8 Å². The van der Waals surface area contributed by atoms with Crippen LogP contribution < -0.4 is 0 Å². The summed E-state index contributed by atoms with van der Waals surface area (Å²) in [4.78, 5) is 15.4. The van der Waals surface area contributed by atoms with Crippen molar-refractivity contribution in [2.75, 3.05) is 6.54 Å². The molecule has 0 aliphatic heterocycles. The summed E-state index contributed by atoms with van der Waals surface area (Å²) in [5.74, 6) is 0.564. The van der Waals surface area contributed by atoms with Crippen LogP contribution in [0.3, 0.4) is 0 Å². The van der Waals surface area contributed by atoms with E-state index in [0.717, 1.165) is 22.3 Å². The summed E-state index contributed by atoms with van der Waals surface area (Å²) < 4.78 is 1.98. The van der Waals surface area contributed by atoms with Gasteiger partial charge in [0.15, 0.2) is 0 Å². The molecule has 1 aliphatic rings. The van der Waals surface area contributed by atoms with Gasteiger partial charge in [0.25, 0.3) is 0 Å². The van der Waals surface area contributed by atoms with Crippen molar-refractivity contribution in [3.05, 3.63) is 42.4 Å². The molecule has 0 spiro atoms. The number of fused-ring (bicyclic) bond motifs is 1. The number of hydrogen-bond donors (Lipinski definition) is 1. The van der Waals surface area contributed by atoms with Crippen LogP contribution in [-0.2, 0) is 0 Å². The molecule has 1 aliphatic carbocycles. The molecule has 1 fully saturated rings. The first-order chi connectivity index (χ1) is 11.4. The van der Waals surface area contributed by atoms with E-state index in [1.165, 1.54) is 25.7 Å². The second-order valence-electron chi connectivity index (χ2n) is 6.12. The summed E-state index contributed by atoms with van der Waals surface area (Å²) in [6.45, 7) is 7.76. The first kappa shape index (κ1) is 13.9. The van der Waals surface area contributed by atoms with E-state index < -0.39 is 0 Å². The maximum atomic E-state index is 7.26. The fourth-order valence-corrected chi connectivity index (χ4v) is 3.63. The van der Waals surface area contributed by atoms with Gasteiger partial charge in [-0.15, -0.1) is 0 Å². The van der Waals surface area contributed by atoms with Gasteiger partial charge < -0.3 is 9.83 Å². The van der Waals surface area contributed by atoms with Crippen molar-refractivity contribution in [2.24, 2.45) is 5.92 Å². The third kappa shape index (κ3) is 2.48. The second-order valence-corrected chi connectivity index (χ2v) is 6.12. The highest BCUT2D eigenvalue weighted by Crippen LogP contribution is 2.35. The zero-order valence-corrected chi connectivity index (χ0v) is 12.8. The highest BCUT2D eigenvalue weighted by molar-refractivity contribution is 5.89. The fourth-order valence-electron chi connectivity index (χ4n) is 3.63. The molecule has 3 heterocycles. The molecule has 1 N–H and O–H groups in total. The lowest BCUT2D eigenvalue weighted by atomic mass is 9.98. The Hall–Kier alpha value is -2.68. The maximum absolute atomic E-state index is 7.26. The van der Waals surface area contributed by atoms with Crippen molar-refractivity contribution in [3.63, 3.8) is 0 Å². The number of nitrogens with one attached hydrogen (secondary N) is 1. The molecule has 4 rings (SSSR count). The largest absolute Gasteiger partial charge is 0.346 e. The van der Waals surface area contributed by atoms with Crippen molar-refractivity contribution in [2.45, 2.75) is 31.7 Å². The van der Waals surface area contributed by atoms with Crippen molar-refractivity contribution >= 4 is 11.0 Å². The van der Waals surface area contributed by atoms with E-state index >= 15 is 0 Å². The number of hydrogen-bond acceptors (Lipinski definition) is 3. The minimum atomic E-state index is 0.173. The van der Waals surface area contributed by atoms with Gasteiger partial charge in [0.05, 0.1) is 11.9 Å². The average molecular weight is 306 g/mol. The summed E-state index contributed by atoms with van der Waals surface area (Å²) in [6, 6.07) is 2.16. The van der Waals surface area contributed by atoms with Crippen LogP contribution in [0.1, 0.15) is 31.7 Å². The zero-order valence-electron chi connectivity index (χ0n) is 12.8. The molecule has 0 aromatic carbocycles. The van der Waals surface area contributed by atoms with Gasteiger partial charge >= 0.3 is 0 Å². The maximum Gasteiger partial charge on any atom is 0.237 e. The van der Waals surface area contributed by atoms with Crippen LogP contribution in [0.15, 0.2) is 31.0 Å². The Morgan fingerprint density at radius 3 is 3.04 bits per heavy atom. The standard InChI is InChI=1S/C17H18N6/c1-18-9-15(12-4-2-3-5-12)23-10-13(8-22-23)16-14-6-7-19-17(14)21-11-20-16/h6-8,10-12,15H,2-5,9H2,(H,19,20,21)/t15-/m0/s1. The van der Waals surface area contributed by atoms with E-state index in [2.05, 4.69) is 24.9 Å². The third-order valence-corrected chi connectivity index (χ3v) is 4.79. The van der Waals surface area contributed by atoms with Gasteiger partial charge in [-0.3, -0.25) is 4.68 Å². The fraction of sp³-hybridized carbons (Fsp3) is 0.412. The molecule has 116 valence electrons. The van der Waals surface area contributed by atoms with Gasteiger partial charge in [-0.25, -0.2) is 16.5 Å². The number of aromatic amines is 1. The van der Waals surface area contributed by atoms with E-state index in [9.17, 15) is 0 Å². The van der Waals surface area contributed by atoms with Gasteiger partial charge in [0.1, 0.15) is 18.0 Å². The van der Waals surface area contributed by atoms with Gasteiger partial charge in [0, 0.05) is 23.3 Å². The molecule has 1 saturated carbocycles. The topological polar surface area (TPSA) is 63.8 Å². The van der Waals surface area contributed by atoms with E-state index in [1.807, 2.05) is 29.3 Å². The van der Waals surface area contributed by atoms with Crippen molar-refractivity contribution in [3.8, 4) is 11.3 Å². The number of H-pyrrole nitrogens is 1. The first-order valence-electron chi connectivity index (χ1n) is 8.02. The van der Waals surface area contributed by atoms with E-state index in [-0.39, 0.29) is 6.04 Å². The average Bonchev–Trinajstić information content (AvgIpc) is 3.32. The summed E-state index contributed by atoms with van der Waals surface area (Å²) in [5.41, 5.74) is 2.69. The minimum Gasteiger partial charge on any atom is -0.346 e. The molecular formula is C17H18N6. The van der Waals surface area contributed by atoms with E-state index in [1.54, 1.807) is 6.33 Å². The second kappa shape index (κ2) is 5.84. The number of aromatic nitrogens is 5. The van der Waals surface area contributed by atoms with E-state index in [4.69, 9.17) is 6.57 Å². The summed E-state index contributed by atoms with van der Waals surface area (Å²) in [7, 11) is 0. The molecular weight excluding hydrogens is 288 g/mol. The molecule has 0 bridgehead atoms. The van der Waals surface area contributed by atoms with Crippen molar-refractivity contribution in [1.82, 2.24) is 24.7 Å². The summed E-state index contributed by atoms with van der Waals surface area (Å²) in [5, 5.41) is 5.55. The Bertz CT molecular complexity index is 849. The predicted molar refractivity (Wildman–Crippen MR) is 87.6 cm³/mol. The van der Waals surface area contributed by atoms with Crippen molar-refractivity contribution in [1.29, 1.82) is 0 Å². The summed E-state index contributed by atoms with van der Waals surface area (Å²) >= 11 is 0. The van der Waals surface area contributed by atoms with Crippen LogP contribution in [0.5, 0.6) is 0 Å². The smallest absolute Gasteiger partial charge is 0.237 e. The first-order valence-corrected chi connectivity index (χ1v) is 8.02. The lowest BCUT2D eigenvalue weighted by Gasteiger charge is -2.18. The quantitative estimate of drug-likeness (QED) is 0.751. The van der Waals surface area contributed by atoms with Crippen molar-refractivity contribution < 1.29 is 0 Å². The molecule has 0 saturated heterocycles. The highest BCUT2D eigenvalue weighted by Gasteiger charge is 2.29. The molecule has 1 atom stereocenters. The SMILES string of the molecule is [C-]#[N+]C[C@@H](C1CCCC1)n1cc(-c2ncnc3[nH]ccc23)cn1. The number of rotatable bonds is 4. The lowest BCUT2D eigenvalue weighted by molar-refractivity contribution is 0.329. The molecule has 3 aromatic rings. The molecule has 3 aromatic heterocycles. The van der Waals surface area contributed by atoms with Gasteiger partial charge in [-0.2, -0.15) is 5.10 Å². The molecule has 6 heteroatoms. The Morgan fingerprint density at radius 2 is 2.22 bits per heavy atom. The Labute approximate surface area is 134 Å². The normalized spacial score (nSPS) is 16.7. The van der Waals surface area contributed by atoms with Crippen LogP contribution in [0.4, 0.5) is 0 Å². The van der Waals surface area contributed by atoms with Crippen LogP contribution >= 0.6 is 0 Å². The van der Waals surface area contributed by atoms with Crippen LogP contribution in [0.2, 0.25) is 0 Å². The van der Waals surface area contributed by atoms with Crippen LogP contribution in [-0.4, -0.2) is 31.3 Å². The number of nitrogens with zero attached hydrogens (tertiary/aromatic N) is 5. The monoisotopic (exact) mass is 306 g/mol. The predicted octanol–water partition coefficient (Wildman–Crippen LogP) is 3.47. The Balaban J connectivity index is 1.70. The van der Waals surface area contributed by atoms with E-state index in [0.29, 0.717) is 12.5 Å². The molecule has 23 heavy (non-hydrogen) atoms. The Kier molecular flexibility index (Phi) is 3.54. The Morgan fingerprint density at radius 1 is 1.35 bits per heavy atom. The highest BCUT2D eigenvalue weighted by atomic mass is 15.3. The van der Waals surface area contributed by atoms with Crippen LogP contribution in [0.25, 0.3) is 27.1 Å². The van der Waals surface area contributed by atoms with Crippen LogP contribution in [0, 0.1) is 12.5 Å². The van der Waals surface area contributed by atoms with Gasteiger partial charge in [0.2, 0.25) is 6.54 Å².